The molecule has 5 heteroatoms. The Labute approximate surface area is 114 Å². The van der Waals surface area contributed by atoms with Crippen molar-refractivity contribution < 1.29 is 0 Å². The molecule has 2 N–H and O–H groups in total. The van der Waals surface area contributed by atoms with Gasteiger partial charge in [-0.15, -0.1) is 0 Å². The third-order valence-corrected chi connectivity index (χ3v) is 2.98. The highest BCUT2D eigenvalue weighted by Crippen LogP contribution is 2.11. The first-order chi connectivity index (χ1) is 9.06. The van der Waals surface area contributed by atoms with E-state index in [9.17, 15) is 0 Å². The molecule has 0 atom stereocenters. The summed E-state index contributed by atoms with van der Waals surface area (Å²) in [6.45, 7) is 5.87. The number of benzene rings is 1. The second kappa shape index (κ2) is 5.84. The summed E-state index contributed by atoms with van der Waals surface area (Å²) in [6.07, 6.45) is 1.62. The lowest BCUT2D eigenvalue weighted by molar-refractivity contribution is 0.298. The van der Waals surface area contributed by atoms with E-state index >= 15 is 0 Å². The highest BCUT2D eigenvalue weighted by molar-refractivity contribution is 5.39. The Kier molecular flexibility index (Phi) is 4.16. The first kappa shape index (κ1) is 13.5. The molecule has 0 spiro atoms. The lowest BCUT2D eigenvalue weighted by Crippen LogP contribution is -2.21. The maximum atomic E-state index is 5.69. The van der Waals surface area contributed by atoms with Gasteiger partial charge < -0.3 is 5.73 Å². The van der Waals surface area contributed by atoms with E-state index in [-0.39, 0.29) is 0 Å². The molecule has 2 aromatic rings. The number of anilines is 1. The van der Waals surface area contributed by atoms with E-state index in [0.717, 1.165) is 24.6 Å². The van der Waals surface area contributed by atoms with Crippen molar-refractivity contribution in [2.75, 3.05) is 12.8 Å². The molecular weight excluding hydrogens is 238 g/mol. The van der Waals surface area contributed by atoms with Crippen LogP contribution in [0.1, 0.15) is 31.3 Å². The minimum absolute atomic E-state index is 0.336. The molecule has 1 aromatic carbocycles. The highest BCUT2D eigenvalue weighted by atomic mass is 15.4. The summed E-state index contributed by atoms with van der Waals surface area (Å²) >= 11 is 0. The predicted molar refractivity (Wildman–Crippen MR) is 76.4 cm³/mol. The van der Waals surface area contributed by atoms with Gasteiger partial charge in [-0.25, -0.2) is 9.67 Å². The van der Waals surface area contributed by atoms with Crippen LogP contribution in [0.5, 0.6) is 0 Å². The number of nitrogen functional groups attached to an aromatic ring is 1. The third-order valence-electron chi connectivity index (χ3n) is 2.98. The molecule has 0 aliphatic rings. The van der Waals surface area contributed by atoms with Crippen LogP contribution in [-0.4, -0.2) is 26.7 Å². The van der Waals surface area contributed by atoms with Gasteiger partial charge in [0.15, 0.2) is 0 Å². The molecule has 0 bridgehead atoms. The summed E-state index contributed by atoms with van der Waals surface area (Å²) in [6, 6.07) is 8.31. The monoisotopic (exact) mass is 259 g/mol. The van der Waals surface area contributed by atoms with E-state index < -0.39 is 0 Å². The van der Waals surface area contributed by atoms with Crippen molar-refractivity contribution in [2.45, 2.75) is 33.0 Å². The Bertz CT molecular complexity index is 515. The fourth-order valence-corrected chi connectivity index (χ4v) is 2.05. The van der Waals surface area contributed by atoms with Gasteiger partial charge in [0.05, 0.1) is 6.54 Å². The van der Waals surface area contributed by atoms with Crippen molar-refractivity contribution in [3.05, 3.63) is 42.0 Å². The van der Waals surface area contributed by atoms with Crippen molar-refractivity contribution in [2.24, 2.45) is 0 Å². The van der Waals surface area contributed by atoms with Gasteiger partial charge in [-0.05, 0) is 38.6 Å². The molecule has 0 saturated carbocycles. The molecule has 0 amide bonds. The summed E-state index contributed by atoms with van der Waals surface area (Å²) in [5.74, 6) is 0.993. The molecule has 1 aromatic heterocycles. The molecule has 19 heavy (non-hydrogen) atoms. The standard InChI is InChI=1S/C14H21N5/c1-11(2)19-14(16-10-17-19)9-18(3)8-12-4-6-13(15)7-5-12/h4-7,10-11H,8-9,15H2,1-3H3. The predicted octanol–water partition coefficient (Wildman–Crippen LogP) is 2.07. The smallest absolute Gasteiger partial charge is 0.141 e. The molecule has 0 fully saturated rings. The SMILES string of the molecule is CC(C)n1ncnc1CN(C)Cc1ccc(N)cc1. The van der Waals surface area contributed by atoms with Crippen LogP contribution in [0.25, 0.3) is 0 Å². The zero-order valence-electron chi connectivity index (χ0n) is 11.7. The second-order valence-corrected chi connectivity index (χ2v) is 5.13. The van der Waals surface area contributed by atoms with Crippen molar-refractivity contribution >= 4 is 5.69 Å². The summed E-state index contributed by atoms with van der Waals surface area (Å²) < 4.78 is 1.96. The summed E-state index contributed by atoms with van der Waals surface area (Å²) in [5, 5.41) is 4.25. The summed E-state index contributed by atoms with van der Waals surface area (Å²) in [5.41, 5.74) is 7.73. The van der Waals surface area contributed by atoms with Crippen LogP contribution in [0.2, 0.25) is 0 Å². The van der Waals surface area contributed by atoms with Crippen molar-refractivity contribution in [1.29, 1.82) is 0 Å². The third kappa shape index (κ3) is 3.54. The van der Waals surface area contributed by atoms with Gasteiger partial charge >= 0.3 is 0 Å². The zero-order chi connectivity index (χ0) is 13.8. The Morgan fingerprint density at radius 2 is 1.89 bits per heavy atom. The van der Waals surface area contributed by atoms with Crippen LogP contribution in [-0.2, 0) is 13.1 Å². The molecule has 0 saturated heterocycles. The first-order valence-electron chi connectivity index (χ1n) is 6.47. The quantitative estimate of drug-likeness (QED) is 0.835. The van der Waals surface area contributed by atoms with E-state index in [0.29, 0.717) is 6.04 Å². The number of rotatable bonds is 5. The lowest BCUT2D eigenvalue weighted by atomic mass is 10.2. The maximum absolute atomic E-state index is 5.69. The topological polar surface area (TPSA) is 60.0 Å². The van der Waals surface area contributed by atoms with Crippen molar-refractivity contribution in [1.82, 2.24) is 19.7 Å². The molecule has 1 heterocycles. The molecule has 2 rings (SSSR count). The van der Waals surface area contributed by atoms with Crippen molar-refractivity contribution in [3.63, 3.8) is 0 Å². The van der Waals surface area contributed by atoms with Gasteiger partial charge in [-0.1, -0.05) is 12.1 Å². The highest BCUT2D eigenvalue weighted by Gasteiger charge is 2.10. The normalized spacial score (nSPS) is 11.4. The molecule has 102 valence electrons. The van der Waals surface area contributed by atoms with Crippen LogP contribution >= 0.6 is 0 Å². The number of nitrogens with zero attached hydrogens (tertiary/aromatic N) is 4. The average Bonchev–Trinajstić information content (AvgIpc) is 2.80. The second-order valence-electron chi connectivity index (χ2n) is 5.13. The van der Waals surface area contributed by atoms with Gasteiger partial charge in [0.1, 0.15) is 12.2 Å². The minimum Gasteiger partial charge on any atom is -0.399 e. The van der Waals surface area contributed by atoms with Crippen LogP contribution in [0.3, 0.4) is 0 Å². The summed E-state index contributed by atoms with van der Waals surface area (Å²) in [7, 11) is 2.08. The average molecular weight is 259 g/mol. The van der Waals surface area contributed by atoms with E-state index in [1.807, 2.05) is 16.8 Å². The van der Waals surface area contributed by atoms with E-state index in [2.05, 4.69) is 48.0 Å². The van der Waals surface area contributed by atoms with Gasteiger partial charge in [-0.3, -0.25) is 4.90 Å². The molecule has 5 nitrogen and oxygen atoms in total. The summed E-state index contributed by atoms with van der Waals surface area (Å²) in [4.78, 5) is 6.54. The fraction of sp³-hybridized carbons (Fsp3) is 0.429. The van der Waals surface area contributed by atoms with Crippen LogP contribution in [0.15, 0.2) is 30.6 Å². The lowest BCUT2D eigenvalue weighted by Gasteiger charge is -2.18. The Morgan fingerprint density at radius 1 is 1.21 bits per heavy atom. The first-order valence-corrected chi connectivity index (χ1v) is 6.47. The maximum Gasteiger partial charge on any atom is 0.141 e. The largest absolute Gasteiger partial charge is 0.399 e. The van der Waals surface area contributed by atoms with E-state index in [1.54, 1.807) is 6.33 Å². The Morgan fingerprint density at radius 3 is 2.53 bits per heavy atom. The minimum atomic E-state index is 0.336. The molecule has 0 radical (unpaired) electrons. The number of nitrogens with two attached hydrogens (primary N) is 1. The van der Waals surface area contributed by atoms with Crippen molar-refractivity contribution in [3.8, 4) is 0 Å². The Hall–Kier alpha value is -1.88. The molecule has 0 aliphatic carbocycles. The fourth-order valence-electron chi connectivity index (χ4n) is 2.05. The number of hydrogen-bond donors (Lipinski definition) is 1. The van der Waals surface area contributed by atoms with E-state index in [4.69, 9.17) is 5.73 Å². The van der Waals surface area contributed by atoms with E-state index in [1.165, 1.54) is 5.56 Å². The van der Waals surface area contributed by atoms with Gasteiger partial charge in [-0.2, -0.15) is 5.10 Å². The zero-order valence-corrected chi connectivity index (χ0v) is 11.7. The van der Waals surface area contributed by atoms with Crippen LogP contribution < -0.4 is 5.73 Å². The number of aromatic nitrogens is 3. The molecular formula is C14H21N5. The van der Waals surface area contributed by atoms with Gasteiger partial charge in [0.25, 0.3) is 0 Å². The van der Waals surface area contributed by atoms with Gasteiger partial charge in [0.2, 0.25) is 0 Å². The number of hydrogen-bond acceptors (Lipinski definition) is 4. The molecule has 0 unspecified atom stereocenters. The van der Waals surface area contributed by atoms with Gasteiger partial charge in [0, 0.05) is 18.3 Å². The molecule has 0 aliphatic heterocycles. The Balaban J connectivity index is 1.99. The van der Waals surface area contributed by atoms with Crippen LogP contribution in [0, 0.1) is 0 Å². The van der Waals surface area contributed by atoms with Crippen LogP contribution in [0.4, 0.5) is 5.69 Å².